The molecular formula is C13H8BrClO3. The van der Waals surface area contributed by atoms with Gasteiger partial charge in [0.25, 0.3) is 0 Å². The fourth-order valence-electron chi connectivity index (χ4n) is 1.40. The molecule has 0 aliphatic rings. The predicted octanol–water partition coefficient (Wildman–Crippen LogP) is 4.46. The van der Waals surface area contributed by atoms with E-state index >= 15 is 0 Å². The molecule has 0 spiro atoms. The zero-order valence-electron chi connectivity index (χ0n) is 9.06. The molecule has 0 amide bonds. The molecule has 0 aliphatic carbocycles. The van der Waals surface area contributed by atoms with Gasteiger partial charge in [-0.2, -0.15) is 0 Å². The summed E-state index contributed by atoms with van der Waals surface area (Å²) < 4.78 is 6.30. The normalized spacial score (nSPS) is 11.0. The molecule has 3 nitrogen and oxygen atoms in total. The molecule has 1 aromatic heterocycles. The summed E-state index contributed by atoms with van der Waals surface area (Å²) in [7, 11) is 0. The quantitative estimate of drug-likeness (QED) is 0.847. The summed E-state index contributed by atoms with van der Waals surface area (Å²) in [5, 5.41) is 9.10. The van der Waals surface area contributed by atoms with E-state index in [1.165, 1.54) is 6.08 Å². The lowest BCUT2D eigenvalue weighted by Crippen LogP contribution is -1.84. The minimum absolute atomic E-state index is 0.478. The molecule has 2 rings (SSSR count). The first-order valence-electron chi connectivity index (χ1n) is 5.02. The second-order valence-electron chi connectivity index (χ2n) is 3.50. The van der Waals surface area contributed by atoms with Crippen molar-refractivity contribution in [3.63, 3.8) is 0 Å². The van der Waals surface area contributed by atoms with E-state index in [4.69, 9.17) is 21.1 Å². The van der Waals surface area contributed by atoms with Crippen molar-refractivity contribution in [2.75, 3.05) is 0 Å². The first-order chi connectivity index (χ1) is 8.56. The van der Waals surface area contributed by atoms with Crippen molar-refractivity contribution in [1.82, 2.24) is 0 Å². The van der Waals surface area contributed by atoms with Gasteiger partial charge in [-0.05, 0) is 46.3 Å². The van der Waals surface area contributed by atoms with E-state index in [0.717, 1.165) is 16.1 Å². The summed E-state index contributed by atoms with van der Waals surface area (Å²) in [4.78, 5) is 10.4. The summed E-state index contributed by atoms with van der Waals surface area (Å²) in [5.41, 5.74) is 0.832. The van der Waals surface area contributed by atoms with Crippen LogP contribution in [0.2, 0.25) is 5.02 Å². The molecule has 1 N–H and O–H groups in total. The summed E-state index contributed by atoms with van der Waals surface area (Å²) in [5.74, 6) is 0.0977. The second kappa shape index (κ2) is 5.42. The third-order valence-corrected chi connectivity index (χ3v) is 3.45. The molecule has 18 heavy (non-hydrogen) atoms. The largest absolute Gasteiger partial charge is 0.478 e. The van der Waals surface area contributed by atoms with Crippen LogP contribution in [-0.4, -0.2) is 11.1 Å². The summed E-state index contributed by atoms with van der Waals surface area (Å²) in [6.07, 6.45) is 2.42. The zero-order chi connectivity index (χ0) is 13.1. The number of hydrogen-bond donors (Lipinski definition) is 1. The van der Waals surface area contributed by atoms with Crippen molar-refractivity contribution in [1.29, 1.82) is 0 Å². The van der Waals surface area contributed by atoms with Gasteiger partial charge in [0.05, 0.1) is 5.02 Å². The third kappa shape index (κ3) is 3.03. The van der Waals surface area contributed by atoms with Gasteiger partial charge in [0, 0.05) is 16.1 Å². The first kappa shape index (κ1) is 12.9. The average Bonchev–Trinajstić information content (AvgIpc) is 2.79. The van der Waals surface area contributed by atoms with E-state index in [0.29, 0.717) is 16.5 Å². The highest BCUT2D eigenvalue weighted by molar-refractivity contribution is 9.10. The van der Waals surface area contributed by atoms with E-state index in [2.05, 4.69) is 15.9 Å². The molecule has 5 heteroatoms. The number of aliphatic carboxylic acids is 1. The number of hydrogen-bond acceptors (Lipinski definition) is 2. The highest BCUT2D eigenvalue weighted by atomic mass is 79.9. The van der Waals surface area contributed by atoms with E-state index in [-0.39, 0.29) is 0 Å². The van der Waals surface area contributed by atoms with Gasteiger partial charge in [0.2, 0.25) is 0 Å². The Morgan fingerprint density at radius 1 is 1.33 bits per heavy atom. The molecule has 0 fully saturated rings. The van der Waals surface area contributed by atoms with Gasteiger partial charge in [-0.15, -0.1) is 0 Å². The van der Waals surface area contributed by atoms with Gasteiger partial charge in [-0.3, -0.25) is 0 Å². The molecule has 0 radical (unpaired) electrons. The summed E-state index contributed by atoms with van der Waals surface area (Å²) >= 11 is 9.30. The van der Waals surface area contributed by atoms with E-state index < -0.39 is 5.97 Å². The zero-order valence-corrected chi connectivity index (χ0v) is 11.4. The number of carboxylic acids is 1. The van der Waals surface area contributed by atoms with Crippen LogP contribution in [-0.2, 0) is 4.79 Å². The molecule has 1 heterocycles. The molecule has 1 aromatic carbocycles. The van der Waals surface area contributed by atoms with Crippen molar-refractivity contribution >= 4 is 39.6 Å². The maximum atomic E-state index is 10.4. The van der Waals surface area contributed by atoms with Crippen LogP contribution in [0.3, 0.4) is 0 Å². The van der Waals surface area contributed by atoms with Crippen molar-refractivity contribution < 1.29 is 14.3 Å². The third-order valence-electron chi connectivity index (χ3n) is 2.22. The number of carbonyl (C=O) groups is 1. The maximum absolute atomic E-state index is 10.4. The van der Waals surface area contributed by atoms with Gasteiger partial charge in [0.1, 0.15) is 11.5 Å². The van der Waals surface area contributed by atoms with Crippen LogP contribution < -0.4 is 0 Å². The van der Waals surface area contributed by atoms with Crippen LogP contribution in [0.25, 0.3) is 17.4 Å². The van der Waals surface area contributed by atoms with Crippen LogP contribution in [0, 0.1) is 0 Å². The van der Waals surface area contributed by atoms with Gasteiger partial charge in [-0.1, -0.05) is 17.7 Å². The molecular weight excluding hydrogens is 319 g/mol. The van der Waals surface area contributed by atoms with Crippen molar-refractivity contribution in [2.45, 2.75) is 0 Å². The Hall–Kier alpha value is -1.52. The van der Waals surface area contributed by atoms with E-state index in [1.807, 2.05) is 12.1 Å². The lowest BCUT2D eigenvalue weighted by molar-refractivity contribution is -0.131. The minimum Gasteiger partial charge on any atom is -0.478 e. The number of halogens is 2. The fraction of sp³-hybridized carbons (Fsp3) is 0. The smallest absolute Gasteiger partial charge is 0.328 e. The predicted molar refractivity (Wildman–Crippen MR) is 73.5 cm³/mol. The monoisotopic (exact) mass is 326 g/mol. The number of carboxylic acid groups (broad SMARTS) is 1. The topological polar surface area (TPSA) is 50.4 Å². The second-order valence-corrected chi connectivity index (χ2v) is 4.76. The molecule has 0 saturated carbocycles. The van der Waals surface area contributed by atoms with Crippen molar-refractivity contribution in [2.24, 2.45) is 0 Å². The van der Waals surface area contributed by atoms with Crippen molar-refractivity contribution in [3.05, 3.63) is 51.7 Å². The Bertz CT molecular complexity index is 616. The van der Waals surface area contributed by atoms with Gasteiger partial charge in [0.15, 0.2) is 0 Å². The molecule has 0 aliphatic heterocycles. The Balaban J connectivity index is 2.29. The first-order valence-corrected chi connectivity index (χ1v) is 6.19. The maximum Gasteiger partial charge on any atom is 0.328 e. The Labute approximate surface area is 117 Å². The average molecular weight is 328 g/mol. The summed E-state index contributed by atoms with van der Waals surface area (Å²) in [6, 6.07) is 8.92. The minimum atomic E-state index is -1.01. The Morgan fingerprint density at radius 2 is 2.11 bits per heavy atom. The Morgan fingerprint density at radius 3 is 2.78 bits per heavy atom. The van der Waals surface area contributed by atoms with Crippen LogP contribution >= 0.6 is 27.5 Å². The highest BCUT2D eigenvalue weighted by Gasteiger charge is 2.05. The van der Waals surface area contributed by atoms with Crippen LogP contribution in [0.5, 0.6) is 0 Å². The number of rotatable bonds is 3. The van der Waals surface area contributed by atoms with Gasteiger partial charge in [-0.25, -0.2) is 4.79 Å². The molecule has 92 valence electrons. The molecule has 0 atom stereocenters. The highest BCUT2D eigenvalue weighted by Crippen LogP contribution is 2.29. The molecule has 0 bridgehead atoms. The SMILES string of the molecule is O=C(O)C=Cc1ccc(-c2ccc(Br)c(Cl)c2)o1. The fourth-order valence-corrected chi connectivity index (χ4v) is 1.83. The van der Waals surface area contributed by atoms with Gasteiger partial charge >= 0.3 is 5.97 Å². The Kier molecular flexibility index (Phi) is 3.89. The standard InChI is InChI=1S/C13H8BrClO3/c14-10-4-1-8(7-11(10)15)12-5-2-9(18-12)3-6-13(16)17/h1-7H,(H,16,17). The molecule has 0 saturated heterocycles. The molecule has 0 unspecified atom stereocenters. The van der Waals surface area contributed by atoms with Crippen LogP contribution in [0.1, 0.15) is 5.76 Å². The van der Waals surface area contributed by atoms with E-state index in [1.54, 1.807) is 18.2 Å². The number of benzene rings is 1. The lowest BCUT2D eigenvalue weighted by Gasteiger charge is -1.99. The van der Waals surface area contributed by atoms with Crippen molar-refractivity contribution in [3.8, 4) is 11.3 Å². The van der Waals surface area contributed by atoms with E-state index in [9.17, 15) is 4.79 Å². The number of furan rings is 1. The lowest BCUT2D eigenvalue weighted by atomic mass is 10.2. The summed E-state index contributed by atoms with van der Waals surface area (Å²) in [6.45, 7) is 0. The molecule has 2 aromatic rings. The van der Waals surface area contributed by atoms with Crippen LogP contribution in [0.4, 0.5) is 0 Å². The van der Waals surface area contributed by atoms with Gasteiger partial charge < -0.3 is 9.52 Å². The van der Waals surface area contributed by atoms with Crippen LogP contribution in [0.15, 0.2) is 45.3 Å².